The molecular weight excluding hydrogens is 359 g/mol. The van der Waals surface area contributed by atoms with Crippen LogP contribution >= 0.6 is 39.1 Å². The number of rotatable bonds is 4. The molecule has 0 aliphatic carbocycles. The van der Waals surface area contributed by atoms with E-state index in [1.165, 1.54) is 0 Å². The summed E-state index contributed by atoms with van der Waals surface area (Å²) in [5.74, 6) is 5.69. The molecule has 1 unspecified atom stereocenters. The number of aryl methyl sites for hydroxylation is 1. The molecule has 0 fully saturated rings. The Bertz CT molecular complexity index is 617. The normalized spacial score (nSPS) is 12.4. The lowest BCUT2D eigenvalue weighted by Crippen LogP contribution is -2.29. The molecule has 0 bridgehead atoms. The molecule has 0 aliphatic rings. The topological polar surface area (TPSA) is 38.0 Å². The second kappa shape index (κ2) is 6.92. The van der Waals surface area contributed by atoms with Crippen LogP contribution in [0.2, 0.25) is 10.0 Å². The fourth-order valence-electron chi connectivity index (χ4n) is 2.06. The van der Waals surface area contributed by atoms with Crippen LogP contribution in [0.3, 0.4) is 0 Å². The van der Waals surface area contributed by atoms with Crippen molar-refractivity contribution in [2.24, 2.45) is 5.84 Å². The molecule has 1 atom stereocenters. The summed E-state index contributed by atoms with van der Waals surface area (Å²) in [6.07, 6.45) is 0.712. The van der Waals surface area contributed by atoms with Crippen LogP contribution in [0.1, 0.15) is 22.7 Å². The molecule has 3 N–H and O–H groups in total. The van der Waals surface area contributed by atoms with Gasteiger partial charge in [0, 0.05) is 14.5 Å². The Hall–Kier alpha value is -0.580. The standard InChI is InChI=1S/C15H15BrCl2N2/c1-9-6-11(3-5-13(9)17)15(20-19)7-10-2-4-12(16)8-14(10)18/h2-6,8,15,20H,7,19H2,1H3. The molecule has 2 aromatic rings. The van der Waals surface area contributed by atoms with E-state index in [4.69, 9.17) is 29.0 Å². The summed E-state index contributed by atoms with van der Waals surface area (Å²) in [7, 11) is 0. The zero-order chi connectivity index (χ0) is 14.7. The minimum atomic E-state index is -0.00959. The number of benzene rings is 2. The maximum atomic E-state index is 6.25. The van der Waals surface area contributed by atoms with E-state index in [0.29, 0.717) is 6.42 Å². The Morgan fingerprint density at radius 1 is 1.15 bits per heavy atom. The van der Waals surface area contributed by atoms with Gasteiger partial charge in [0.15, 0.2) is 0 Å². The van der Waals surface area contributed by atoms with Crippen LogP contribution in [-0.4, -0.2) is 0 Å². The number of hydrazine groups is 1. The molecule has 0 amide bonds. The summed E-state index contributed by atoms with van der Waals surface area (Å²) in [6.45, 7) is 1.98. The fourth-order valence-corrected chi connectivity index (χ4v) is 2.93. The molecule has 2 nitrogen and oxygen atoms in total. The highest BCUT2D eigenvalue weighted by molar-refractivity contribution is 9.10. The van der Waals surface area contributed by atoms with E-state index in [2.05, 4.69) is 21.4 Å². The molecule has 5 heteroatoms. The van der Waals surface area contributed by atoms with Gasteiger partial charge in [-0.05, 0) is 48.2 Å². The number of nitrogens with one attached hydrogen (secondary N) is 1. The van der Waals surface area contributed by atoms with Crippen LogP contribution < -0.4 is 11.3 Å². The van der Waals surface area contributed by atoms with Gasteiger partial charge in [-0.1, -0.05) is 57.3 Å². The molecule has 20 heavy (non-hydrogen) atoms. The van der Waals surface area contributed by atoms with Crippen molar-refractivity contribution in [3.63, 3.8) is 0 Å². The highest BCUT2D eigenvalue weighted by Crippen LogP contribution is 2.27. The van der Waals surface area contributed by atoms with Crippen LogP contribution in [0.4, 0.5) is 0 Å². The SMILES string of the molecule is Cc1cc(C(Cc2ccc(Br)cc2Cl)NN)ccc1Cl. The third-order valence-electron chi connectivity index (χ3n) is 3.22. The lowest BCUT2D eigenvalue weighted by Gasteiger charge is -2.18. The van der Waals surface area contributed by atoms with E-state index in [1.54, 1.807) is 0 Å². The molecule has 0 aliphatic heterocycles. The Morgan fingerprint density at radius 2 is 1.90 bits per heavy atom. The smallest absolute Gasteiger partial charge is 0.0500 e. The molecule has 0 aromatic heterocycles. The molecule has 0 radical (unpaired) electrons. The Labute approximate surface area is 137 Å². The summed E-state index contributed by atoms with van der Waals surface area (Å²) in [4.78, 5) is 0. The third kappa shape index (κ3) is 3.74. The lowest BCUT2D eigenvalue weighted by atomic mass is 9.98. The second-order valence-corrected chi connectivity index (χ2v) is 6.40. The van der Waals surface area contributed by atoms with E-state index in [0.717, 1.165) is 31.2 Å². The zero-order valence-corrected chi connectivity index (χ0v) is 14.1. The molecule has 2 aromatic carbocycles. The van der Waals surface area contributed by atoms with Crippen LogP contribution in [-0.2, 0) is 6.42 Å². The predicted octanol–water partition coefficient (Wildman–Crippen LogP) is 4.81. The third-order valence-corrected chi connectivity index (χ3v) is 4.49. The van der Waals surface area contributed by atoms with E-state index in [1.807, 2.05) is 43.3 Å². The number of hydrogen-bond donors (Lipinski definition) is 2. The number of hydrogen-bond acceptors (Lipinski definition) is 2. The van der Waals surface area contributed by atoms with Crippen molar-refractivity contribution in [2.45, 2.75) is 19.4 Å². The molecular formula is C15H15BrCl2N2. The van der Waals surface area contributed by atoms with Crippen molar-refractivity contribution in [1.29, 1.82) is 0 Å². The predicted molar refractivity (Wildman–Crippen MR) is 89.1 cm³/mol. The first-order chi connectivity index (χ1) is 9.51. The maximum absolute atomic E-state index is 6.25. The maximum Gasteiger partial charge on any atom is 0.0500 e. The summed E-state index contributed by atoms with van der Waals surface area (Å²) in [5, 5.41) is 1.48. The molecule has 106 valence electrons. The van der Waals surface area contributed by atoms with Gasteiger partial charge in [-0.3, -0.25) is 11.3 Å². The first kappa shape index (κ1) is 15.8. The Balaban J connectivity index is 2.26. The van der Waals surface area contributed by atoms with E-state index < -0.39 is 0 Å². The van der Waals surface area contributed by atoms with Gasteiger partial charge < -0.3 is 0 Å². The molecule has 2 rings (SSSR count). The first-order valence-electron chi connectivity index (χ1n) is 6.17. The van der Waals surface area contributed by atoms with Crippen molar-refractivity contribution in [3.05, 3.63) is 67.6 Å². The Morgan fingerprint density at radius 3 is 2.50 bits per heavy atom. The van der Waals surface area contributed by atoms with Crippen LogP contribution in [0.15, 0.2) is 40.9 Å². The second-order valence-electron chi connectivity index (χ2n) is 4.67. The van der Waals surface area contributed by atoms with E-state index in [9.17, 15) is 0 Å². The lowest BCUT2D eigenvalue weighted by molar-refractivity contribution is 0.552. The van der Waals surface area contributed by atoms with Gasteiger partial charge in [-0.2, -0.15) is 0 Å². The largest absolute Gasteiger partial charge is 0.271 e. The number of nitrogens with two attached hydrogens (primary N) is 1. The van der Waals surface area contributed by atoms with Crippen molar-refractivity contribution in [2.75, 3.05) is 0 Å². The van der Waals surface area contributed by atoms with Crippen molar-refractivity contribution in [1.82, 2.24) is 5.43 Å². The van der Waals surface area contributed by atoms with Gasteiger partial charge in [0.1, 0.15) is 0 Å². The van der Waals surface area contributed by atoms with Crippen LogP contribution in [0.25, 0.3) is 0 Å². The minimum Gasteiger partial charge on any atom is -0.271 e. The van der Waals surface area contributed by atoms with E-state index in [-0.39, 0.29) is 6.04 Å². The summed E-state index contributed by atoms with van der Waals surface area (Å²) < 4.78 is 0.964. The molecule has 0 heterocycles. The van der Waals surface area contributed by atoms with Crippen molar-refractivity contribution < 1.29 is 0 Å². The minimum absolute atomic E-state index is 0.00959. The quantitative estimate of drug-likeness (QED) is 0.596. The van der Waals surface area contributed by atoms with Gasteiger partial charge in [0.25, 0.3) is 0 Å². The summed E-state index contributed by atoms with van der Waals surface area (Å²) in [6, 6.07) is 11.8. The molecule has 0 saturated heterocycles. The van der Waals surface area contributed by atoms with Crippen molar-refractivity contribution >= 4 is 39.1 Å². The van der Waals surface area contributed by atoms with Gasteiger partial charge in [0.05, 0.1) is 6.04 Å². The van der Waals surface area contributed by atoms with Crippen LogP contribution in [0, 0.1) is 6.92 Å². The first-order valence-corrected chi connectivity index (χ1v) is 7.72. The van der Waals surface area contributed by atoms with E-state index >= 15 is 0 Å². The highest BCUT2D eigenvalue weighted by Gasteiger charge is 2.13. The fraction of sp³-hybridized carbons (Fsp3) is 0.200. The van der Waals surface area contributed by atoms with Gasteiger partial charge in [-0.15, -0.1) is 0 Å². The molecule has 0 spiro atoms. The van der Waals surface area contributed by atoms with Gasteiger partial charge in [0.2, 0.25) is 0 Å². The Kier molecular flexibility index (Phi) is 5.47. The number of halogens is 3. The average Bonchev–Trinajstić information content (AvgIpc) is 2.41. The van der Waals surface area contributed by atoms with Crippen LogP contribution in [0.5, 0.6) is 0 Å². The summed E-state index contributed by atoms with van der Waals surface area (Å²) >= 11 is 15.7. The monoisotopic (exact) mass is 372 g/mol. The molecule has 0 saturated carbocycles. The van der Waals surface area contributed by atoms with Gasteiger partial charge in [-0.25, -0.2) is 0 Å². The highest BCUT2D eigenvalue weighted by atomic mass is 79.9. The van der Waals surface area contributed by atoms with Crippen molar-refractivity contribution in [3.8, 4) is 0 Å². The average molecular weight is 374 g/mol. The summed E-state index contributed by atoms with van der Waals surface area (Å²) in [5.41, 5.74) is 6.01. The zero-order valence-electron chi connectivity index (χ0n) is 11.0. The van der Waals surface area contributed by atoms with Gasteiger partial charge >= 0.3 is 0 Å².